The number of carbonyl (C=O) groups is 2. The first-order chi connectivity index (χ1) is 15.8. The maximum Gasteiger partial charge on any atom is 0.422 e. The van der Waals surface area contributed by atoms with Gasteiger partial charge in [-0.2, -0.15) is 13.1 Å². The van der Waals surface area contributed by atoms with Crippen molar-refractivity contribution in [1.29, 1.82) is 0 Å². The first kappa shape index (κ1) is 29.4. The highest BCUT2D eigenvalue weighted by atomic mass is 35.5. The number of nitrogens with zero attached hydrogens (tertiary/aromatic N) is 1. The highest BCUT2D eigenvalue weighted by molar-refractivity contribution is 7.88. The summed E-state index contributed by atoms with van der Waals surface area (Å²) in [4.78, 5) is 25.1. The Morgan fingerprint density at radius 2 is 1.83 bits per heavy atom. The fraction of sp³-hybridized carbons (Fsp3) is 0.636. The fourth-order valence-corrected chi connectivity index (χ4v) is 4.53. The molecule has 2 atom stereocenters. The van der Waals surface area contributed by atoms with Crippen molar-refractivity contribution in [3.05, 3.63) is 33.8 Å². The number of rotatable bonds is 5. The molecule has 0 spiro atoms. The molecule has 0 saturated carbocycles. The minimum atomic E-state index is -4.36. The first-order valence-corrected chi connectivity index (χ1v) is 13.2. The predicted octanol–water partition coefficient (Wildman–Crippen LogP) is 4.36. The molecule has 2 unspecified atom stereocenters. The second-order valence-electron chi connectivity index (χ2n) is 10.5. The van der Waals surface area contributed by atoms with Gasteiger partial charge in [-0.15, -0.1) is 0 Å². The molecule has 2 amide bonds. The fourth-order valence-electron chi connectivity index (χ4n) is 3.48. The minimum absolute atomic E-state index is 0.0728. The standard InChI is InChI=1S/C22H33Cl2N3O7S/c1-20(2,3)17-12-27(19(29)30)10-9-22(33-17,14-7-8-15(23)16(24)11-14)13-25-35(31,32)26-18(28)34-21(4,5)6/h7-8,11,17,25H,9-10,12-13H2,1-6H3,(H,26,28)(H,29,30). The molecular formula is C22H33Cl2N3O7S. The molecule has 0 bridgehead atoms. The zero-order valence-electron chi connectivity index (χ0n) is 20.6. The number of hydrogen-bond acceptors (Lipinski definition) is 6. The van der Waals surface area contributed by atoms with E-state index in [0.717, 1.165) is 0 Å². The van der Waals surface area contributed by atoms with Gasteiger partial charge >= 0.3 is 22.4 Å². The zero-order valence-corrected chi connectivity index (χ0v) is 23.0. The quantitative estimate of drug-likeness (QED) is 0.492. The molecule has 35 heavy (non-hydrogen) atoms. The summed E-state index contributed by atoms with van der Waals surface area (Å²) in [6.07, 6.45) is -2.74. The SMILES string of the molecule is CC(C)(C)OC(=O)NS(=O)(=O)NCC1(c2ccc(Cl)c(Cl)c2)CCN(C(=O)O)CC(C(C)(C)C)O1. The maximum absolute atomic E-state index is 12.7. The summed E-state index contributed by atoms with van der Waals surface area (Å²) in [6, 6.07) is 4.78. The van der Waals surface area contributed by atoms with Crippen LogP contribution in [-0.4, -0.2) is 62.0 Å². The summed E-state index contributed by atoms with van der Waals surface area (Å²) in [5, 5.41) is 10.2. The lowest BCUT2D eigenvalue weighted by atomic mass is 9.86. The minimum Gasteiger partial charge on any atom is -0.465 e. The molecule has 1 aromatic carbocycles. The van der Waals surface area contributed by atoms with Crippen molar-refractivity contribution in [3.63, 3.8) is 0 Å². The number of benzene rings is 1. The van der Waals surface area contributed by atoms with Gasteiger partial charge in [-0.25, -0.2) is 14.3 Å². The molecule has 1 aromatic rings. The number of carbonyl (C=O) groups excluding carboxylic acids is 1. The monoisotopic (exact) mass is 553 g/mol. The van der Waals surface area contributed by atoms with E-state index in [1.165, 1.54) is 4.90 Å². The summed E-state index contributed by atoms with van der Waals surface area (Å²) in [6.45, 7) is 10.4. The molecule has 3 N–H and O–H groups in total. The van der Waals surface area contributed by atoms with Crippen LogP contribution in [0.25, 0.3) is 0 Å². The molecule has 10 nitrogen and oxygen atoms in total. The molecule has 0 radical (unpaired) electrons. The van der Waals surface area contributed by atoms with E-state index in [4.69, 9.17) is 32.7 Å². The summed E-state index contributed by atoms with van der Waals surface area (Å²) in [5.74, 6) is 0. The summed E-state index contributed by atoms with van der Waals surface area (Å²) < 4.78 is 41.1. The molecule has 198 valence electrons. The number of ether oxygens (including phenoxy) is 2. The van der Waals surface area contributed by atoms with E-state index in [1.54, 1.807) is 39.0 Å². The van der Waals surface area contributed by atoms with Crippen LogP contribution in [0.5, 0.6) is 0 Å². The van der Waals surface area contributed by atoms with Gasteiger partial charge in [-0.3, -0.25) is 0 Å². The van der Waals surface area contributed by atoms with Crippen molar-refractivity contribution in [2.75, 3.05) is 19.6 Å². The summed E-state index contributed by atoms with van der Waals surface area (Å²) in [5.41, 5.74) is -2.20. The van der Waals surface area contributed by atoms with E-state index in [1.807, 2.05) is 25.5 Å². The Labute approximate surface area is 216 Å². The predicted molar refractivity (Wildman–Crippen MR) is 133 cm³/mol. The largest absolute Gasteiger partial charge is 0.465 e. The Balaban J connectivity index is 2.45. The number of nitrogens with one attached hydrogen (secondary N) is 2. The molecular weight excluding hydrogens is 521 g/mol. The smallest absolute Gasteiger partial charge is 0.422 e. The molecule has 0 aliphatic carbocycles. The Hall–Kier alpha value is -1.79. The third-order valence-electron chi connectivity index (χ3n) is 5.39. The average molecular weight is 554 g/mol. The maximum atomic E-state index is 12.7. The van der Waals surface area contributed by atoms with E-state index < -0.39 is 45.1 Å². The lowest BCUT2D eigenvalue weighted by Gasteiger charge is -2.40. The summed E-state index contributed by atoms with van der Waals surface area (Å²) in [7, 11) is -4.36. The molecule has 13 heteroatoms. The molecule has 1 fully saturated rings. The van der Waals surface area contributed by atoms with Crippen molar-refractivity contribution in [3.8, 4) is 0 Å². The van der Waals surface area contributed by atoms with Crippen LogP contribution < -0.4 is 9.44 Å². The van der Waals surface area contributed by atoms with Gasteiger partial charge in [-0.05, 0) is 50.3 Å². The van der Waals surface area contributed by atoms with Crippen LogP contribution in [0.15, 0.2) is 18.2 Å². The number of carboxylic acid groups (broad SMARTS) is 1. The van der Waals surface area contributed by atoms with Gasteiger partial charge in [0.15, 0.2) is 0 Å². The van der Waals surface area contributed by atoms with E-state index in [0.29, 0.717) is 10.6 Å². The van der Waals surface area contributed by atoms with Crippen molar-refractivity contribution < 1.29 is 32.6 Å². The summed E-state index contributed by atoms with van der Waals surface area (Å²) >= 11 is 12.3. The lowest BCUT2D eigenvalue weighted by Crippen LogP contribution is -2.50. The normalized spacial score (nSPS) is 21.8. The molecule has 2 rings (SSSR count). The Kier molecular flexibility index (Phi) is 8.98. The van der Waals surface area contributed by atoms with Gasteiger partial charge in [0.1, 0.15) is 11.2 Å². The Morgan fingerprint density at radius 3 is 2.34 bits per heavy atom. The average Bonchev–Trinajstić information content (AvgIpc) is 2.88. The molecule has 1 saturated heterocycles. The highest BCUT2D eigenvalue weighted by Crippen LogP contribution is 2.40. The molecule has 0 aromatic heterocycles. The van der Waals surface area contributed by atoms with Gasteiger partial charge in [0.05, 0.1) is 22.7 Å². The van der Waals surface area contributed by atoms with Crippen LogP contribution in [0.4, 0.5) is 9.59 Å². The van der Waals surface area contributed by atoms with Crippen LogP contribution >= 0.6 is 23.2 Å². The Morgan fingerprint density at radius 1 is 1.20 bits per heavy atom. The second-order valence-corrected chi connectivity index (χ2v) is 12.8. The van der Waals surface area contributed by atoms with Crippen molar-refractivity contribution in [1.82, 2.24) is 14.3 Å². The number of hydrogen-bond donors (Lipinski definition) is 3. The van der Waals surface area contributed by atoms with Gasteiger partial charge in [0.25, 0.3) is 0 Å². The van der Waals surface area contributed by atoms with Gasteiger partial charge in [0, 0.05) is 13.1 Å². The van der Waals surface area contributed by atoms with Gasteiger partial charge < -0.3 is 19.5 Å². The third kappa shape index (κ3) is 8.38. The van der Waals surface area contributed by atoms with Crippen LogP contribution in [0, 0.1) is 5.41 Å². The van der Waals surface area contributed by atoms with Crippen LogP contribution in [0.2, 0.25) is 10.0 Å². The van der Waals surface area contributed by atoms with Crippen molar-refractivity contribution in [2.24, 2.45) is 5.41 Å². The molecule has 1 heterocycles. The van der Waals surface area contributed by atoms with Crippen LogP contribution in [-0.2, 0) is 25.3 Å². The van der Waals surface area contributed by atoms with E-state index >= 15 is 0 Å². The van der Waals surface area contributed by atoms with E-state index in [-0.39, 0.29) is 31.1 Å². The number of halogens is 2. The van der Waals surface area contributed by atoms with Crippen LogP contribution in [0.1, 0.15) is 53.5 Å². The zero-order chi connectivity index (χ0) is 26.8. The Bertz CT molecular complexity index is 1050. The molecule has 1 aliphatic heterocycles. The number of amides is 2. The van der Waals surface area contributed by atoms with Gasteiger partial charge in [-0.1, -0.05) is 50.0 Å². The van der Waals surface area contributed by atoms with Gasteiger partial charge in [0.2, 0.25) is 0 Å². The molecule has 1 aliphatic rings. The first-order valence-electron chi connectivity index (χ1n) is 11.0. The topological polar surface area (TPSA) is 134 Å². The van der Waals surface area contributed by atoms with E-state index in [9.17, 15) is 23.1 Å². The lowest BCUT2D eigenvalue weighted by molar-refractivity contribution is -0.127. The highest BCUT2D eigenvalue weighted by Gasteiger charge is 2.44. The van der Waals surface area contributed by atoms with Crippen molar-refractivity contribution >= 4 is 45.6 Å². The third-order valence-corrected chi connectivity index (χ3v) is 7.08. The van der Waals surface area contributed by atoms with Crippen LogP contribution in [0.3, 0.4) is 0 Å². The van der Waals surface area contributed by atoms with Crippen molar-refractivity contribution in [2.45, 2.75) is 65.3 Å². The second kappa shape index (κ2) is 10.7. The van der Waals surface area contributed by atoms with E-state index in [2.05, 4.69) is 4.72 Å².